The van der Waals surface area contributed by atoms with Gasteiger partial charge in [-0.15, -0.1) is 0 Å². The van der Waals surface area contributed by atoms with E-state index in [9.17, 15) is 4.79 Å². The van der Waals surface area contributed by atoms with Crippen molar-refractivity contribution in [2.45, 2.75) is 45.6 Å². The second-order valence-corrected chi connectivity index (χ2v) is 4.33. The summed E-state index contributed by atoms with van der Waals surface area (Å²) < 4.78 is 10.2. The van der Waals surface area contributed by atoms with Gasteiger partial charge in [-0.25, -0.2) is 4.79 Å². The Hall–Kier alpha value is -1.51. The highest BCUT2D eigenvalue weighted by atomic mass is 16.7. The van der Waals surface area contributed by atoms with Gasteiger partial charge in [-0.3, -0.25) is 0 Å². The van der Waals surface area contributed by atoms with Crippen molar-refractivity contribution in [3.63, 3.8) is 0 Å². The minimum atomic E-state index is -0.581. The van der Waals surface area contributed by atoms with Gasteiger partial charge < -0.3 is 9.47 Å². The summed E-state index contributed by atoms with van der Waals surface area (Å²) in [4.78, 5) is 11.4. The Balaban J connectivity index is 2.20. The van der Waals surface area contributed by atoms with E-state index in [1.54, 1.807) is 0 Å². The summed E-state index contributed by atoms with van der Waals surface area (Å²) in [5.74, 6) is 0. The Morgan fingerprint density at radius 3 is 2.56 bits per heavy atom. The van der Waals surface area contributed by atoms with Gasteiger partial charge in [0.05, 0.1) is 6.61 Å². The molecule has 0 N–H and O–H groups in total. The summed E-state index contributed by atoms with van der Waals surface area (Å²) in [5.41, 5.74) is 0.973. The normalized spacial score (nSPS) is 11.9. The van der Waals surface area contributed by atoms with Gasteiger partial charge in [0.25, 0.3) is 0 Å². The molecule has 0 aliphatic carbocycles. The van der Waals surface area contributed by atoms with Crippen LogP contribution in [0.15, 0.2) is 30.3 Å². The van der Waals surface area contributed by atoms with E-state index in [0.29, 0.717) is 6.61 Å². The van der Waals surface area contributed by atoms with Gasteiger partial charge in [0, 0.05) is 0 Å². The number of benzene rings is 1. The van der Waals surface area contributed by atoms with Gasteiger partial charge in [0.1, 0.15) is 6.10 Å². The molecule has 18 heavy (non-hydrogen) atoms. The monoisotopic (exact) mass is 250 g/mol. The molecule has 0 heterocycles. The fourth-order valence-electron chi connectivity index (χ4n) is 1.65. The van der Waals surface area contributed by atoms with Crippen molar-refractivity contribution in [3.05, 3.63) is 35.9 Å². The first-order valence-corrected chi connectivity index (χ1v) is 6.62. The van der Waals surface area contributed by atoms with E-state index in [1.807, 2.05) is 37.3 Å². The standard InChI is InChI=1S/C15H22O3/c1-3-4-5-9-12-17-15(16)18-13(2)14-10-7-6-8-11-14/h6-8,10-11,13H,3-5,9,12H2,1-2H3. The van der Waals surface area contributed by atoms with E-state index >= 15 is 0 Å². The molecule has 1 rings (SSSR count). The second-order valence-electron chi connectivity index (χ2n) is 4.33. The molecule has 0 bridgehead atoms. The first kappa shape index (κ1) is 14.6. The lowest BCUT2D eigenvalue weighted by atomic mass is 10.1. The number of hydrogen-bond donors (Lipinski definition) is 0. The highest BCUT2D eigenvalue weighted by Crippen LogP contribution is 2.16. The van der Waals surface area contributed by atoms with Crippen LogP contribution in [0.4, 0.5) is 4.79 Å². The molecular weight excluding hydrogens is 228 g/mol. The third-order valence-electron chi connectivity index (χ3n) is 2.76. The lowest BCUT2D eigenvalue weighted by Gasteiger charge is -2.13. The number of hydrogen-bond acceptors (Lipinski definition) is 3. The largest absolute Gasteiger partial charge is 0.508 e. The number of carbonyl (C=O) groups is 1. The second kappa shape index (κ2) is 8.56. The fraction of sp³-hybridized carbons (Fsp3) is 0.533. The van der Waals surface area contributed by atoms with Crippen LogP contribution in [0.2, 0.25) is 0 Å². The zero-order valence-corrected chi connectivity index (χ0v) is 11.2. The van der Waals surface area contributed by atoms with Crippen molar-refractivity contribution in [2.75, 3.05) is 6.61 Å². The zero-order valence-electron chi connectivity index (χ0n) is 11.2. The molecule has 0 radical (unpaired) electrons. The minimum Gasteiger partial charge on any atom is -0.434 e. The van der Waals surface area contributed by atoms with Crippen LogP contribution in [0, 0.1) is 0 Å². The van der Waals surface area contributed by atoms with Gasteiger partial charge >= 0.3 is 6.16 Å². The quantitative estimate of drug-likeness (QED) is 0.528. The van der Waals surface area contributed by atoms with Crippen molar-refractivity contribution < 1.29 is 14.3 Å². The number of ether oxygens (including phenoxy) is 2. The molecule has 0 saturated carbocycles. The summed E-state index contributed by atoms with van der Waals surface area (Å²) in [6.45, 7) is 4.44. The number of unbranched alkanes of at least 4 members (excludes halogenated alkanes) is 3. The maximum Gasteiger partial charge on any atom is 0.508 e. The van der Waals surface area contributed by atoms with Gasteiger partial charge in [-0.2, -0.15) is 0 Å². The van der Waals surface area contributed by atoms with Crippen LogP contribution >= 0.6 is 0 Å². The molecule has 100 valence electrons. The molecule has 0 saturated heterocycles. The third-order valence-corrected chi connectivity index (χ3v) is 2.76. The smallest absolute Gasteiger partial charge is 0.434 e. The molecule has 0 fully saturated rings. The van der Waals surface area contributed by atoms with E-state index in [2.05, 4.69) is 6.92 Å². The average molecular weight is 250 g/mol. The van der Waals surface area contributed by atoms with E-state index in [1.165, 1.54) is 12.8 Å². The van der Waals surface area contributed by atoms with Crippen LogP contribution < -0.4 is 0 Å². The Morgan fingerprint density at radius 2 is 1.89 bits per heavy atom. The van der Waals surface area contributed by atoms with Crippen LogP contribution in [0.1, 0.15) is 51.2 Å². The maximum absolute atomic E-state index is 11.4. The Morgan fingerprint density at radius 1 is 1.17 bits per heavy atom. The molecule has 0 aromatic heterocycles. The number of rotatable bonds is 7. The topological polar surface area (TPSA) is 35.5 Å². The fourth-order valence-corrected chi connectivity index (χ4v) is 1.65. The molecule has 1 unspecified atom stereocenters. The van der Waals surface area contributed by atoms with E-state index < -0.39 is 6.16 Å². The molecule has 0 spiro atoms. The summed E-state index contributed by atoms with van der Waals surface area (Å²) in [5, 5.41) is 0. The van der Waals surface area contributed by atoms with Gasteiger partial charge in [-0.1, -0.05) is 56.5 Å². The molecule has 0 amide bonds. The predicted molar refractivity (Wildman–Crippen MR) is 71.4 cm³/mol. The Bertz CT molecular complexity index is 335. The van der Waals surface area contributed by atoms with Crippen molar-refractivity contribution in [1.29, 1.82) is 0 Å². The Labute approximate surface area is 109 Å². The average Bonchev–Trinajstić information content (AvgIpc) is 2.39. The van der Waals surface area contributed by atoms with Crippen molar-refractivity contribution in [2.24, 2.45) is 0 Å². The molecule has 1 aromatic carbocycles. The summed E-state index contributed by atoms with van der Waals surface area (Å²) in [6, 6.07) is 9.64. The lowest BCUT2D eigenvalue weighted by Crippen LogP contribution is -2.11. The van der Waals surface area contributed by atoms with E-state index in [4.69, 9.17) is 9.47 Å². The first-order chi connectivity index (χ1) is 8.74. The molecule has 0 aliphatic heterocycles. The summed E-state index contributed by atoms with van der Waals surface area (Å²) >= 11 is 0. The molecule has 3 nitrogen and oxygen atoms in total. The van der Waals surface area contributed by atoms with Crippen molar-refractivity contribution in [1.82, 2.24) is 0 Å². The SMILES string of the molecule is CCCCCCOC(=O)OC(C)c1ccccc1. The lowest BCUT2D eigenvalue weighted by molar-refractivity contribution is 0.0277. The third kappa shape index (κ3) is 5.71. The molecule has 3 heteroatoms. The van der Waals surface area contributed by atoms with Crippen LogP contribution in [-0.2, 0) is 9.47 Å². The highest BCUT2D eigenvalue weighted by molar-refractivity contribution is 5.60. The van der Waals surface area contributed by atoms with E-state index in [0.717, 1.165) is 18.4 Å². The predicted octanol–water partition coefficient (Wildman–Crippen LogP) is 4.48. The van der Waals surface area contributed by atoms with Gasteiger partial charge in [0.15, 0.2) is 0 Å². The highest BCUT2D eigenvalue weighted by Gasteiger charge is 2.11. The molecular formula is C15H22O3. The van der Waals surface area contributed by atoms with Gasteiger partial charge in [0.2, 0.25) is 0 Å². The summed E-state index contributed by atoms with van der Waals surface area (Å²) in [6.07, 6.45) is 3.51. The van der Waals surface area contributed by atoms with Crippen LogP contribution in [0.5, 0.6) is 0 Å². The molecule has 0 aliphatic rings. The number of carbonyl (C=O) groups excluding carboxylic acids is 1. The summed E-state index contributed by atoms with van der Waals surface area (Å²) in [7, 11) is 0. The molecule has 1 atom stereocenters. The van der Waals surface area contributed by atoms with Gasteiger partial charge in [-0.05, 0) is 18.9 Å². The van der Waals surface area contributed by atoms with Crippen LogP contribution in [0.25, 0.3) is 0 Å². The maximum atomic E-state index is 11.4. The zero-order chi connectivity index (χ0) is 13.2. The minimum absolute atomic E-state index is 0.269. The van der Waals surface area contributed by atoms with Crippen molar-refractivity contribution >= 4 is 6.16 Å². The van der Waals surface area contributed by atoms with Crippen molar-refractivity contribution in [3.8, 4) is 0 Å². The van der Waals surface area contributed by atoms with E-state index in [-0.39, 0.29) is 6.10 Å². The van der Waals surface area contributed by atoms with Crippen LogP contribution in [-0.4, -0.2) is 12.8 Å². The first-order valence-electron chi connectivity index (χ1n) is 6.62. The Kier molecular flexibility index (Phi) is 6.92. The molecule has 1 aromatic rings. The van der Waals surface area contributed by atoms with Crippen LogP contribution in [0.3, 0.4) is 0 Å².